The molecular formula is C17H14FN3O. The Morgan fingerprint density at radius 3 is 2.64 bits per heavy atom. The third-order valence-corrected chi connectivity index (χ3v) is 3.24. The van der Waals surface area contributed by atoms with Gasteiger partial charge in [-0.05, 0) is 43.3 Å². The lowest BCUT2D eigenvalue weighted by Gasteiger charge is -2.11. The molecule has 0 spiro atoms. The molecule has 2 N–H and O–H groups in total. The monoisotopic (exact) mass is 295 g/mol. The summed E-state index contributed by atoms with van der Waals surface area (Å²) in [5.74, 6) is -0.742. The number of benzene rings is 2. The molecule has 0 bridgehead atoms. The van der Waals surface area contributed by atoms with Gasteiger partial charge in [-0.25, -0.2) is 4.39 Å². The fourth-order valence-corrected chi connectivity index (χ4v) is 2.24. The lowest BCUT2D eigenvalue weighted by molar-refractivity contribution is 0.0964. The van der Waals surface area contributed by atoms with Crippen LogP contribution in [0.1, 0.15) is 16.1 Å². The number of anilines is 1. The predicted octanol–water partition coefficient (Wildman–Crippen LogP) is 3.44. The van der Waals surface area contributed by atoms with Crippen molar-refractivity contribution in [2.45, 2.75) is 6.92 Å². The summed E-state index contributed by atoms with van der Waals surface area (Å²) in [6.07, 6.45) is 0. The minimum absolute atomic E-state index is 0.343. The van der Waals surface area contributed by atoms with Crippen molar-refractivity contribution < 1.29 is 9.18 Å². The zero-order valence-electron chi connectivity index (χ0n) is 11.9. The number of hydrazine groups is 1. The number of nitrogens with one attached hydrogen (secondary N) is 2. The van der Waals surface area contributed by atoms with E-state index in [1.54, 1.807) is 19.1 Å². The molecule has 110 valence electrons. The van der Waals surface area contributed by atoms with Gasteiger partial charge >= 0.3 is 0 Å². The van der Waals surface area contributed by atoms with Crippen molar-refractivity contribution in [1.82, 2.24) is 10.4 Å². The molecule has 0 unspecified atom stereocenters. The number of para-hydroxylation sites is 1. The van der Waals surface area contributed by atoms with Gasteiger partial charge in [-0.2, -0.15) is 0 Å². The number of aryl methyl sites for hydroxylation is 1. The Kier molecular flexibility index (Phi) is 3.70. The highest BCUT2D eigenvalue weighted by Gasteiger charge is 2.12. The molecule has 1 amide bonds. The predicted molar refractivity (Wildman–Crippen MR) is 84.0 cm³/mol. The van der Waals surface area contributed by atoms with E-state index in [9.17, 15) is 9.18 Å². The van der Waals surface area contributed by atoms with Gasteiger partial charge in [0.2, 0.25) is 0 Å². The van der Waals surface area contributed by atoms with Gasteiger partial charge < -0.3 is 0 Å². The van der Waals surface area contributed by atoms with E-state index >= 15 is 0 Å². The Morgan fingerprint density at radius 1 is 1.09 bits per heavy atom. The quantitative estimate of drug-likeness (QED) is 0.728. The Balaban J connectivity index is 1.91. The van der Waals surface area contributed by atoms with Crippen LogP contribution in [0.15, 0.2) is 54.6 Å². The second-order valence-electron chi connectivity index (χ2n) is 4.92. The molecule has 1 aromatic heterocycles. The van der Waals surface area contributed by atoms with Gasteiger partial charge in [-0.3, -0.25) is 20.6 Å². The highest BCUT2D eigenvalue weighted by molar-refractivity contribution is 6.06. The molecule has 0 atom stereocenters. The number of carbonyl (C=O) groups excluding carboxylic acids is 1. The summed E-state index contributed by atoms with van der Waals surface area (Å²) in [6.45, 7) is 1.80. The Hall–Kier alpha value is -2.95. The second-order valence-corrected chi connectivity index (χ2v) is 4.92. The van der Waals surface area contributed by atoms with Crippen molar-refractivity contribution in [2.24, 2.45) is 0 Å². The van der Waals surface area contributed by atoms with Gasteiger partial charge in [0, 0.05) is 11.1 Å². The van der Waals surface area contributed by atoms with E-state index in [2.05, 4.69) is 15.8 Å². The molecule has 4 nitrogen and oxygen atoms in total. The van der Waals surface area contributed by atoms with E-state index in [4.69, 9.17) is 0 Å². The molecule has 0 aliphatic rings. The van der Waals surface area contributed by atoms with E-state index in [1.807, 2.05) is 30.3 Å². The van der Waals surface area contributed by atoms with Crippen molar-refractivity contribution in [3.05, 3.63) is 71.7 Å². The van der Waals surface area contributed by atoms with Crippen LogP contribution in [0.25, 0.3) is 10.9 Å². The smallest absolute Gasteiger partial charge is 0.270 e. The van der Waals surface area contributed by atoms with Crippen molar-refractivity contribution in [3.63, 3.8) is 0 Å². The highest BCUT2D eigenvalue weighted by Crippen LogP contribution is 2.19. The number of rotatable bonds is 3. The van der Waals surface area contributed by atoms with Crippen LogP contribution in [0.5, 0.6) is 0 Å². The molecule has 0 aliphatic heterocycles. The fourth-order valence-electron chi connectivity index (χ4n) is 2.24. The summed E-state index contributed by atoms with van der Waals surface area (Å²) < 4.78 is 13.5. The number of hydrogen-bond donors (Lipinski definition) is 2. The number of fused-ring (bicyclic) bond motifs is 1. The van der Waals surface area contributed by atoms with Gasteiger partial charge in [0.05, 0.1) is 16.8 Å². The number of hydrogen-bond acceptors (Lipinski definition) is 3. The first-order chi connectivity index (χ1) is 10.6. The molecule has 5 heteroatoms. The molecule has 3 aromatic rings. The van der Waals surface area contributed by atoms with Gasteiger partial charge in [-0.1, -0.05) is 18.2 Å². The van der Waals surface area contributed by atoms with Crippen LogP contribution < -0.4 is 10.9 Å². The number of nitrogens with zero attached hydrogens (tertiary/aromatic N) is 1. The fraction of sp³-hybridized carbons (Fsp3) is 0.0588. The molecule has 22 heavy (non-hydrogen) atoms. The average Bonchev–Trinajstić information content (AvgIpc) is 2.53. The first kappa shape index (κ1) is 14.0. The molecule has 0 fully saturated rings. The van der Waals surface area contributed by atoms with Gasteiger partial charge in [-0.15, -0.1) is 0 Å². The van der Waals surface area contributed by atoms with Crippen molar-refractivity contribution in [2.75, 3.05) is 5.43 Å². The van der Waals surface area contributed by atoms with Crippen LogP contribution in [0.2, 0.25) is 0 Å². The van der Waals surface area contributed by atoms with E-state index in [0.29, 0.717) is 22.2 Å². The third-order valence-electron chi connectivity index (χ3n) is 3.24. The normalized spacial score (nSPS) is 10.5. The lowest BCUT2D eigenvalue weighted by Crippen LogP contribution is -2.29. The molecular weight excluding hydrogens is 281 g/mol. The highest BCUT2D eigenvalue weighted by atomic mass is 19.1. The standard InChI is InChI=1S/C17H14FN3O/c1-11-9-15(14-10-12(18)7-8-16(14)19-11)17(22)21-20-13-5-3-2-4-6-13/h2-10,20H,1H3,(H,21,22). The van der Waals surface area contributed by atoms with Gasteiger partial charge in [0.1, 0.15) is 5.82 Å². The molecule has 0 saturated carbocycles. The molecule has 0 saturated heterocycles. The summed E-state index contributed by atoms with van der Waals surface area (Å²) in [6, 6.07) is 15.1. The van der Waals surface area contributed by atoms with Gasteiger partial charge in [0.15, 0.2) is 0 Å². The van der Waals surface area contributed by atoms with Crippen LogP contribution in [-0.2, 0) is 0 Å². The lowest BCUT2D eigenvalue weighted by atomic mass is 10.1. The molecule has 0 aliphatic carbocycles. The minimum Gasteiger partial charge on any atom is -0.298 e. The van der Waals surface area contributed by atoms with Crippen LogP contribution >= 0.6 is 0 Å². The Bertz CT molecular complexity index is 834. The topological polar surface area (TPSA) is 54.0 Å². The van der Waals surface area contributed by atoms with Gasteiger partial charge in [0.25, 0.3) is 5.91 Å². The van der Waals surface area contributed by atoms with E-state index in [1.165, 1.54) is 12.1 Å². The molecule has 0 radical (unpaired) electrons. The number of carbonyl (C=O) groups is 1. The van der Waals surface area contributed by atoms with Crippen LogP contribution in [0.3, 0.4) is 0 Å². The first-order valence-electron chi connectivity index (χ1n) is 6.82. The number of aromatic nitrogens is 1. The number of pyridine rings is 1. The van der Waals surface area contributed by atoms with Crippen molar-refractivity contribution in [1.29, 1.82) is 0 Å². The van der Waals surface area contributed by atoms with Crippen LogP contribution in [-0.4, -0.2) is 10.9 Å². The number of amides is 1. The zero-order valence-corrected chi connectivity index (χ0v) is 11.9. The summed E-state index contributed by atoms with van der Waals surface area (Å²) in [7, 11) is 0. The SMILES string of the molecule is Cc1cc(C(=O)NNc2ccccc2)c2cc(F)ccc2n1. The molecule has 2 aromatic carbocycles. The Labute approximate surface area is 127 Å². The second kappa shape index (κ2) is 5.81. The summed E-state index contributed by atoms with van der Waals surface area (Å²) >= 11 is 0. The van der Waals surface area contributed by atoms with Crippen LogP contribution in [0.4, 0.5) is 10.1 Å². The van der Waals surface area contributed by atoms with Crippen LogP contribution in [0, 0.1) is 12.7 Å². The maximum absolute atomic E-state index is 13.5. The average molecular weight is 295 g/mol. The maximum Gasteiger partial charge on any atom is 0.270 e. The van der Waals surface area contributed by atoms with E-state index in [0.717, 1.165) is 5.69 Å². The maximum atomic E-state index is 13.5. The van der Waals surface area contributed by atoms with Crippen molar-refractivity contribution in [3.8, 4) is 0 Å². The molecule has 1 heterocycles. The van der Waals surface area contributed by atoms with E-state index in [-0.39, 0.29) is 5.91 Å². The summed E-state index contributed by atoms with van der Waals surface area (Å²) in [4.78, 5) is 16.7. The third kappa shape index (κ3) is 2.88. The Morgan fingerprint density at radius 2 is 1.86 bits per heavy atom. The largest absolute Gasteiger partial charge is 0.298 e. The van der Waals surface area contributed by atoms with E-state index < -0.39 is 5.82 Å². The zero-order chi connectivity index (χ0) is 15.5. The number of halogens is 1. The molecule has 3 rings (SSSR count). The van der Waals surface area contributed by atoms with Crippen molar-refractivity contribution >= 4 is 22.5 Å². The summed E-state index contributed by atoms with van der Waals surface area (Å²) in [5, 5.41) is 0.484. The minimum atomic E-state index is -0.400. The first-order valence-corrected chi connectivity index (χ1v) is 6.82. The summed E-state index contributed by atoms with van der Waals surface area (Å²) in [5.41, 5.74) is 7.87.